The van der Waals surface area contributed by atoms with Crippen molar-refractivity contribution in [1.82, 2.24) is 9.99 Å². The number of aryl methyl sites for hydroxylation is 1. The van der Waals surface area contributed by atoms with Gasteiger partial charge in [0.15, 0.2) is 0 Å². The fourth-order valence-electron chi connectivity index (χ4n) is 3.80. The molecule has 3 aromatic carbocycles. The lowest BCUT2D eigenvalue weighted by Crippen LogP contribution is -2.17. The van der Waals surface area contributed by atoms with Crippen LogP contribution in [0.3, 0.4) is 0 Å². The second-order valence-electron chi connectivity index (χ2n) is 7.50. The van der Waals surface area contributed by atoms with Crippen LogP contribution in [0.25, 0.3) is 16.5 Å². The number of ether oxygens (including phenoxy) is 1. The van der Waals surface area contributed by atoms with E-state index in [1.807, 2.05) is 75.4 Å². The molecule has 1 heterocycles. The summed E-state index contributed by atoms with van der Waals surface area (Å²) in [7, 11) is 0. The number of rotatable bonds is 6. The highest BCUT2D eigenvalue weighted by Gasteiger charge is 2.13. The van der Waals surface area contributed by atoms with E-state index in [0.717, 1.165) is 39.2 Å². The minimum absolute atomic E-state index is 0.0786. The van der Waals surface area contributed by atoms with Gasteiger partial charge < -0.3 is 14.4 Å². The lowest BCUT2D eigenvalue weighted by Gasteiger charge is -2.11. The van der Waals surface area contributed by atoms with Crippen LogP contribution in [0.5, 0.6) is 11.5 Å². The third-order valence-corrected chi connectivity index (χ3v) is 5.35. The molecule has 0 aliphatic carbocycles. The molecule has 2 N–H and O–H groups in total. The first-order valence-electron chi connectivity index (χ1n) is 10.4. The predicted molar refractivity (Wildman–Crippen MR) is 127 cm³/mol. The maximum Gasteiger partial charge on any atom is 0.275 e. The van der Waals surface area contributed by atoms with Gasteiger partial charge >= 0.3 is 0 Å². The summed E-state index contributed by atoms with van der Waals surface area (Å²) in [5.74, 6) is 0.287. The molecule has 0 atom stereocenters. The molecule has 162 valence electrons. The van der Waals surface area contributed by atoms with Gasteiger partial charge in [0.05, 0.1) is 18.4 Å². The Morgan fingerprint density at radius 1 is 1.06 bits per heavy atom. The third-order valence-electron chi connectivity index (χ3n) is 5.35. The van der Waals surface area contributed by atoms with Crippen LogP contribution in [0, 0.1) is 13.8 Å². The third kappa shape index (κ3) is 4.21. The van der Waals surface area contributed by atoms with Crippen LogP contribution < -0.4 is 10.2 Å². The smallest absolute Gasteiger partial charge is 0.275 e. The van der Waals surface area contributed by atoms with Gasteiger partial charge in [-0.3, -0.25) is 4.79 Å². The molecular weight excluding hydrogens is 402 g/mol. The molecule has 0 fully saturated rings. The number of hydrogen-bond donors (Lipinski definition) is 2. The average Bonchev–Trinajstić information content (AvgIpc) is 3.07. The lowest BCUT2D eigenvalue weighted by atomic mass is 10.1. The number of benzene rings is 3. The van der Waals surface area contributed by atoms with E-state index in [1.54, 1.807) is 18.3 Å². The van der Waals surface area contributed by atoms with Gasteiger partial charge in [-0.15, -0.1) is 0 Å². The average molecular weight is 428 g/mol. The van der Waals surface area contributed by atoms with Crippen molar-refractivity contribution in [3.8, 4) is 17.2 Å². The zero-order valence-electron chi connectivity index (χ0n) is 18.3. The van der Waals surface area contributed by atoms with E-state index in [1.165, 1.54) is 0 Å². The van der Waals surface area contributed by atoms with E-state index >= 15 is 0 Å². The van der Waals surface area contributed by atoms with E-state index in [-0.39, 0.29) is 11.3 Å². The Hall–Kier alpha value is -4.06. The number of aromatic hydroxyl groups is 1. The van der Waals surface area contributed by atoms with E-state index in [9.17, 15) is 9.90 Å². The molecule has 0 saturated carbocycles. The Morgan fingerprint density at radius 3 is 2.44 bits per heavy atom. The molecule has 0 bridgehead atoms. The molecule has 0 unspecified atom stereocenters. The Bertz CT molecular complexity index is 1300. The van der Waals surface area contributed by atoms with Crippen LogP contribution in [0.1, 0.15) is 34.2 Å². The van der Waals surface area contributed by atoms with E-state index < -0.39 is 5.91 Å². The highest BCUT2D eigenvalue weighted by molar-refractivity contribution is 6.01. The number of phenols is 1. The van der Waals surface area contributed by atoms with Crippen LogP contribution in [-0.2, 0) is 0 Å². The van der Waals surface area contributed by atoms with E-state index in [0.29, 0.717) is 6.61 Å². The topological polar surface area (TPSA) is 75.8 Å². The molecule has 0 aliphatic rings. The molecule has 0 saturated heterocycles. The van der Waals surface area contributed by atoms with E-state index in [4.69, 9.17) is 4.74 Å². The molecule has 6 heteroatoms. The molecule has 1 aromatic heterocycles. The number of aromatic nitrogens is 1. The quantitative estimate of drug-likeness (QED) is 0.331. The molecule has 1 amide bonds. The van der Waals surface area contributed by atoms with Gasteiger partial charge in [0.2, 0.25) is 0 Å². The number of hydrazone groups is 1. The number of amides is 1. The molecule has 6 nitrogen and oxygen atoms in total. The Kier molecular flexibility index (Phi) is 5.94. The Labute approximate surface area is 186 Å². The number of hydrogen-bond acceptors (Lipinski definition) is 4. The molecule has 0 radical (unpaired) electrons. The summed E-state index contributed by atoms with van der Waals surface area (Å²) in [6.45, 7) is 6.61. The van der Waals surface area contributed by atoms with Crippen molar-refractivity contribution in [2.75, 3.05) is 6.61 Å². The first-order valence-corrected chi connectivity index (χ1v) is 10.4. The minimum Gasteiger partial charge on any atom is -0.507 e. The Balaban J connectivity index is 1.52. The summed E-state index contributed by atoms with van der Waals surface area (Å²) in [5, 5.41) is 16.1. The second kappa shape index (κ2) is 8.98. The van der Waals surface area contributed by atoms with Gasteiger partial charge in [0, 0.05) is 22.6 Å². The summed E-state index contributed by atoms with van der Waals surface area (Å²) in [4.78, 5) is 12.6. The van der Waals surface area contributed by atoms with Gasteiger partial charge in [-0.1, -0.05) is 24.3 Å². The van der Waals surface area contributed by atoms with Crippen molar-refractivity contribution in [2.24, 2.45) is 5.10 Å². The largest absolute Gasteiger partial charge is 0.507 e. The second-order valence-corrected chi connectivity index (χ2v) is 7.50. The number of carbonyl (C=O) groups is 1. The SMILES string of the molecule is CCOc1ccc(-n2c(C)cc(/C=N\NC(=O)c3cc4ccccc4cc3O)c2C)cc1. The number of phenolic OH excluding ortho intramolecular Hbond substituents is 1. The van der Waals surface area contributed by atoms with Crippen molar-refractivity contribution in [1.29, 1.82) is 0 Å². The summed E-state index contributed by atoms with van der Waals surface area (Å²) in [6, 6.07) is 20.7. The summed E-state index contributed by atoms with van der Waals surface area (Å²) < 4.78 is 7.64. The van der Waals surface area contributed by atoms with Crippen LogP contribution in [0.15, 0.2) is 71.8 Å². The van der Waals surface area contributed by atoms with Crippen LogP contribution in [0.2, 0.25) is 0 Å². The maximum absolute atomic E-state index is 12.6. The molecule has 4 aromatic rings. The molecule has 0 spiro atoms. The van der Waals surface area contributed by atoms with Crippen LogP contribution in [0.4, 0.5) is 0 Å². The summed E-state index contributed by atoms with van der Waals surface area (Å²) in [5.41, 5.74) is 6.65. The summed E-state index contributed by atoms with van der Waals surface area (Å²) >= 11 is 0. The van der Waals surface area contributed by atoms with Gasteiger partial charge in [-0.25, -0.2) is 5.43 Å². The molecule has 0 aliphatic heterocycles. The first kappa shape index (κ1) is 21.2. The van der Waals surface area contributed by atoms with Crippen molar-refractivity contribution >= 4 is 22.9 Å². The number of fused-ring (bicyclic) bond motifs is 1. The van der Waals surface area contributed by atoms with Crippen LogP contribution >= 0.6 is 0 Å². The van der Waals surface area contributed by atoms with Crippen molar-refractivity contribution < 1.29 is 14.6 Å². The fraction of sp³-hybridized carbons (Fsp3) is 0.154. The monoisotopic (exact) mass is 427 g/mol. The summed E-state index contributed by atoms with van der Waals surface area (Å²) in [6.07, 6.45) is 1.61. The number of nitrogens with one attached hydrogen (secondary N) is 1. The van der Waals surface area contributed by atoms with E-state index in [2.05, 4.69) is 15.1 Å². The van der Waals surface area contributed by atoms with Gasteiger partial charge in [0.25, 0.3) is 5.91 Å². The van der Waals surface area contributed by atoms with Gasteiger partial charge in [-0.2, -0.15) is 5.10 Å². The van der Waals surface area contributed by atoms with Gasteiger partial charge in [-0.05, 0) is 74.0 Å². The molecule has 4 rings (SSSR count). The molecular formula is C26H25N3O3. The van der Waals surface area contributed by atoms with Crippen molar-refractivity contribution in [3.63, 3.8) is 0 Å². The Morgan fingerprint density at radius 2 is 1.75 bits per heavy atom. The molecule has 32 heavy (non-hydrogen) atoms. The highest BCUT2D eigenvalue weighted by Crippen LogP contribution is 2.25. The van der Waals surface area contributed by atoms with Crippen LogP contribution in [-0.4, -0.2) is 28.4 Å². The van der Waals surface area contributed by atoms with Gasteiger partial charge in [0.1, 0.15) is 11.5 Å². The zero-order chi connectivity index (χ0) is 22.7. The normalized spacial score (nSPS) is 11.2. The number of nitrogens with zero attached hydrogens (tertiary/aromatic N) is 2. The van der Waals surface area contributed by atoms with Crippen molar-refractivity contribution in [3.05, 3.63) is 89.2 Å². The maximum atomic E-state index is 12.6. The standard InChI is InChI=1S/C26H25N3O3/c1-4-32-23-11-9-22(10-12-23)29-17(2)13-21(18(29)3)16-27-28-26(31)24-14-19-7-5-6-8-20(19)15-25(24)30/h5-16,30H,4H2,1-3H3,(H,28,31)/b27-16-. The predicted octanol–water partition coefficient (Wildman–Crippen LogP) is 5.12. The first-order chi connectivity index (χ1) is 15.5. The lowest BCUT2D eigenvalue weighted by molar-refractivity contribution is 0.0952. The van der Waals surface area contributed by atoms with Crippen molar-refractivity contribution in [2.45, 2.75) is 20.8 Å². The highest BCUT2D eigenvalue weighted by atomic mass is 16.5. The zero-order valence-corrected chi connectivity index (χ0v) is 18.3. The number of carbonyl (C=O) groups excluding carboxylic acids is 1. The fourth-order valence-corrected chi connectivity index (χ4v) is 3.80. The minimum atomic E-state index is -0.468.